The van der Waals surface area contributed by atoms with E-state index in [1.54, 1.807) is 0 Å². The molecule has 12 heavy (non-hydrogen) atoms. The molecule has 1 spiro atoms. The predicted octanol–water partition coefficient (Wildman–Crippen LogP) is 2.73. The Balaban J connectivity index is 2.31. The van der Waals surface area contributed by atoms with Gasteiger partial charge in [-0.2, -0.15) is 0 Å². The minimum absolute atomic E-state index is 0.0527. The highest BCUT2D eigenvalue weighted by Crippen LogP contribution is 2.50. The summed E-state index contributed by atoms with van der Waals surface area (Å²) in [4.78, 5) is 5.62. The highest BCUT2D eigenvalue weighted by molar-refractivity contribution is 5.89. The Morgan fingerprint density at radius 1 is 1.25 bits per heavy atom. The van der Waals surface area contributed by atoms with E-state index in [2.05, 4.69) is 25.9 Å². The Morgan fingerprint density at radius 2 is 1.83 bits per heavy atom. The van der Waals surface area contributed by atoms with Gasteiger partial charge in [-0.15, -0.1) is 0 Å². The summed E-state index contributed by atoms with van der Waals surface area (Å²) in [5, 5.41) is 4.14. The second kappa shape index (κ2) is 2.24. The number of rotatable bonds is 0. The maximum Gasteiger partial charge on any atom is 0.148 e. The molecule has 0 bridgehead atoms. The topological polar surface area (TPSA) is 21.6 Å². The van der Waals surface area contributed by atoms with Crippen molar-refractivity contribution in [3.8, 4) is 0 Å². The van der Waals surface area contributed by atoms with E-state index >= 15 is 0 Å². The zero-order chi connectivity index (χ0) is 8.82. The van der Waals surface area contributed by atoms with Crippen LogP contribution in [-0.4, -0.2) is 11.3 Å². The van der Waals surface area contributed by atoms with Gasteiger partial charge in [-0.1, -0.05) is 19.0 Å². The van der Waals surface area contributed by atoms with Crippen LogP contribution < -0.4 is 0 Å². The first kappa shape index (κ1) is 8.09. The van der Waals surface area contributed by atoms with E-state index in [1.807, 2.05) is 0 Å². The number of hydrogen-bond acceptors (Lipinski definition) is 2. The summed E-state index contributed by atoms with van der Waals surface area (Å²) < 4.78 is 0. The van der Waals surface area contributed by atoms with E-state index in [0.717, 1.165) is 5.71 Å². The van der Waals surface area contributed by atoms with Gasteiger partial charge in [-0.25, -0.2) is 0 Å². The SMILES string of the molecule is CC1=NOC2(CCCC2)C1(C)C. The molecular formula is C10H17NO. The summed E-state index contributed by atoms with van der Waals surface area (Å²) in [6, 6.07) is 0. The van der Waals surface area contributed by atoms with Crippen molar-refractivity contribution in [2.45, 2.75) is 52.1 Å². The molecule has 0 N–H and O–H groups in total. The Labute approximate surface area is 74.0 Å². The fourth-order valence-corrected chi connectivity index (χ4v) is 2.38. The van der Waals surface area contributed by atoms with Gasteiger partial charge in [0.2, 0.25) is 0 Å². The molecule has 0 atom stereocenters. The molecule has 1 fully saturated rings. The minimum atomic E-state index is 0.0527. The van der Waals surface area contributed by atoms with Crippen molar-refractivity contribution < 1.29 is 4.84 Å². The molecule has 0 radical (unpaired) electrons. The highest BCUT2D eigenvalue weighted by Gasteiger charge is 2.54. The lowest BCUT2D eigenvalue weighted by Gasteiger charge is -2.35. The van der Waals surface area contributed by atoms with E-state index in [1.165, 1.54) is 25.7 Å². The lowest BCUT2D eigenvalue weighted by Crippen LogP contribution is -2.43. The monoisotopic (exact) mass is 167 g/mol. The van der Waals surface area contributed by atoms with E-state index in [0.29, 0.717) is 0 Å². The first-order chi connectivity index (χ1) is 5.58. The van der Waals surface area contributed by atoms with Crippen LogP contribution in [0.25, 0.3) is 0 Å². The molecule has 1 aliphatic heterocycles. The van der Waals surface area contributed by atoms with Crippen molar-refractivity contribution in [2.75, 3.05) is 0 Å². The van der Waals surface area contributed by atoms with Crippen LogP contribution in [0.2, 0.25) is 0 Å². The van der Waals surface area contributed by atoms with Crippen molar-refractivity contribution in [1.29, 1.82) is 0 Å². The summed E-state index contributed by atoms with van der Waals surface area (Å²) in [6.45, 7) is 6.58. The molecule has 2 aliphatic rings. The van der Waals surface area contributed by atoms with Crippen LogP contribution in [-0.2, 0) is 4.84 Å². The van der Waals surface area contributed by atoms with Gasteiger partial charge in [0.1, 0.15) is 5.60 Å². The zero-order valence-electron chi connectivity index (χ0n) is 8.18. The van der Waals surface area contributed by atoms with Crippen molar-refractivity contribution in [1.82, 2.24) is 0 Å². The molecule has 0 unspecified atom stereocenters. The van der Waals surface area contributed by atoms with Crippen molar-refractivity contribution in [2.24, 2.45) is 10.6 Å². The Bertz CT molecular complexity index is 224. The molecule has 1 heterocycles. The van der Waals surface area contributed by atoms with Gasteiger partial charge < -0.3 is 4.84 Å². The van der Waals surface area contributed by atoms with Gasteiger partial charge in [-0.05, 0) is 32.6 Å². The van der Waals surface area contributed by atoms with Gasteiger partial charge in [0, 0.05) is 5.41 Å². The molecular weight excluding hydrogens is 150 g/mol. The normalized spacial score (nSPS) is 30.4. The third kappa shape index (κ3) is 0.782. The van der Waals surface area contributed by atoms with Crippen LogP contribution in [0.4, 0.5) is 0 Å². The average molecular weight is 167 g/mol. The van der Waals surface area contributed by atoms with Crippen LogP contribution in [0.15, 0.2) is 5.16 Å². The Morgan fingerprint density at radius 3 is 2.25 bits per heavy atom. The third-order valence-corrected chi connectivity index (χ3v) is 3.81. The molecule has 1 aliphatic carbocycles. The summed E-state index contributed by atoms with van der Waals surface area (Å²) in [7, 11) is 0. The maximum atomic E-state index is 5.62. The third-order valence-electron chi connectivity index (χ3n) is 3.81. The smallest absolute Gasteiger partial charge is 0.148 e. The zero-order valence-corrected chi connectivity index (χ0v) is 8.18. The lowest BCUT2D eigenvalue weighted by molar-refractivity contribution is -0.0655. The minimum Gasteiger partial charge on any atom is -0.388 e. The van der Waals surface area contributed by atoms with Crippen LogP contribution in [0.5, 0.6) is 0 Å². The molecule has 0 aromatic carbocycles. The summed E-state index contributed by atoms with van der Waals surface area (Å²) >= 11 is 0. The summed E-state index contributed by atoms with van der Waals surface area (Å²) in [5.74, 6) is 0. The first-order valence-electron chi connectivity index (χ1n) is 4.82. The van der Waals surface area contributed by atoms with E-state index in [9.17, 15) is 0 Å². The Kier molecular flexibility index (Phi) is 1.51. The number of nitrogens with zero attached hydrogens (tertiary/aromatic N) is 1. The quantitative estimate of drug-likeness (QED) is 0.543. The molecule has 0 saturated heterocycles. The molecule has 2 heteroatoms. The predicted molar refractivity (Wildman–Crippen MR) is 49.2 cm³/mol. The number of hydrogen-bond donors (Lipinski definition) is 0. The van der Waals surface area contributed by atoms with Crippen LogP contribution in [0, 0.1) is 5.41 Å². The second-order valence-corrected chi connectivity index (χ2v) is 4.59. The molecule has 2 rings (SSSR count). The van der Waals surface area contributed by atoms with Crippen LogP contribution in [0.1, 0.15) is 46.5 Å². The molecule has 0 aromatic rings. The fraction of sp³-hybridized carbons (Fsp3) is 0.900. The average Bonchev–Trinajstić information content (AvgIpc) is 2.55. The summed E-state index contributed by atoms with van der Waals surface area (Å²) in [6.07, 6.45) is 4.96. The Hall–Kier alpha value is -0.530. The lowest BCUT2D eigenvalue weighted by atomic mass is 9.71. The maximum absolute atomic E-state index is 5.62. The van der Waals surface area contributed by atoms with Gasteiger partial charge >= 0.3 is 0 Å². The first-order valence-corrected chi connectivity index (χ1v) is 4.82. The highest BCUT2D eigenvalue weighted by atomic mass is 16.7. The van der Waals surface area contributed by atoms with Gasteiger partial charge in [-0.3, -0.25) is 0 Å². The number of oxime groups is 1. The van der Waals surface area contributed by atoms with Crippen molar-refractivity contribution in [3.63, 3.8) is 0 Å². The van der Waals surface area contributed by atoms with Crippen LogP contribution >= 0.6 is 0 Å². The molecule has 2 nitrogen and oxygen atoms in total. The van der Waals surface area contributed by atoms with Gasteiger partial charge in [0.05, 0.1) is 5.71 Å². The molecule has 0 amide bonds. The largest absolute Gasteiger partial charge is 0.388 e. The second-order valence-electron chi connectivity index (χ2n) is 4.59. The van der Waals surface area contributed by atoms with E-state index in [-0.39, 0.29) is 11.0 Å². The van der Waals surface area contributed by atoms with Gasteiger partial charge in [0.25, 0.3) is 0 Å². The molecule has 1 saturated carbocycles. The van der Waals surface area contributed by atoms with Crippen molar-refractivity contribution in [3.05, 3.63) is 0 Å². The van der Waals surface area contributed by atoms with Gasteiger partial charge in [0.15, 0.2) is 0 Å². The summed E-state index contributed by atoms with van der Waals surface area (Å²) in [5.41, 5.74) is 1.37. The van der Waals surface area contributed by atoms with Crippen LogP contribution in [0.3, 0.4) is 0 Å². The molecule has 0 aromatic heterocycles. The van der Waals surface area contributed by atoms with Crippen molar-refractivity contribution >= 4 is 5.71 Å². The van der Waals surface area contributed by atoms with E-state index < -0.39 is 0 Å². The fourth-order valence-electron chi connectivity index (χ4n) is 2.38. The standard InChI is InChI=1S/C10H17NO/c1-8-9(2,3)10(12-11-8)6-4-5-7-10/h4-7H2,1-3H3. The molecule has 68 valence electrons. The van der Waals surface area contributed by atoms with E-state index in [4.69, 9.17) is 4.84 Å².